The fraction of sp³-hybridized carbons (Fsp3) is 0.160. The summed E-state index contributed by atoms with van der Waals surface area (Å²) >= 11 is 0. The number of carbonyl (C=O) groups excluding carboxylic acids is 1. The Morgan fingerprint density at radius 1 is 1.09 bits per heavy atom. The normalized spacial score (nSPS) is 13.8. The summed E-state index contributed by atoms with van der Waals surface area (Å²) in [5.74, 6) is 1.19. The summed E-state index contributed by atoms with van der Waals surface area (Å²) in [5.41, 5.74) is 12.4. The Labute approximate surface area is 185 Å². The number of rotatable bonds is 5. The van der Waals surface area contributed by atoms with Crippen molar-refractivity contribution in [2.75, 3.05) is 12.8 Å². The Bertz CT molecular complexity index is 1300. The van der Waals surface area contributed by atoms with Crippen LogP contribution in [0, 0.1) is 0 Å². The number of carbonyl (C=O) groups is 1. The van der Waals surface area contributed by atoms with E-state index in [0.717, 1.165) is 39.1 Å². The molecular weight excluding hydrogens is 402 g/mol. The van der Waals surface area contributed by atoms with Crippen molar-refractivity contribution in [2.24, 2.45) is 0 Å². The predicted molar refractivity (Wildman–Crippen MR) is 123 cm³/mol. The minimum atomic E-state index is -0.124. The van der Waals surface area contributed by atoms with Crippen LogP contribution >= 0.6 is 0 Å². The molecule has 2 aromatic heterocycles. The predicted octanol–water partition coefficient (Wildman–Crippen LogP) is 4.45. The van der Waals surface area contributed by atoms with Crippen LogP contribution < -0.4 is 10.5 Å². The molecule has 0 unspecified atom stereocenters. The van der Waals surface area contributed by atoms with Crippen LogP contribution in [0.15, 0.2) is 67.1 Å². The first-order valence-electron chi connectivity index (χ1n) is 10.4. The van der Waals surface area contributed by atoms with E-state index in [1.54, 1.807) is 19.5 Å². The number of benzene rings is 2. The van der Waals surface area contributed by atoms with Crippen molar-refractivity contribution in [1.29, 1.82) is 0 Å². The SMILES string of the molecule is COc1cccc([C@@H](C)N2Cc3c(cc(-c4cn[nH]c4)cc3-c3cccnc3N)C2=O)c1. The van der Waals surface area contributed by atoms with E-state index in [4.69, 9.17) is 10.5 Å². The lowest BCUT2D eigenvalue weighted by Gasteiger charge is -2.25. The Hall–Kier alpha value is -4.13. The van der Waals surface area contributed by atoms with E-state index in [-0.39, 0.29) is 11.9 Å². The van der Waals surface area contributed by atoms with Crippen LogP contribution in [0.3, 0.4) is 0 Å². The van der Waals surface area contributed by atoms with Gasteiger partial charge in [0.1, 0.15) is 11.6 Å². The number of nitrogens with one attached hydrogen (secondary N) is 1. The van der Waals surface area contributed by atoms with E-state index < -0.39 is 0 Å². The zero-order chi connectivity index (χ0) is 22.2. The molecule has 1 atom stereocenters. The van der Waals surface area contributed by atoms with Crippen LogP contribution in [0.1, 0.15) is 34.5 Å². The van der Waals surface area contributed by atoms with Crippen LogP contribution in [0.2, 0.25) is 0 Å². The summed E-state index contributed by atoms with van der Waals surface area (Å²) in [5, 5.41) is 6.90. The molecule has 4 aromatic rings. The smallest absolute Gasteiger partial charge is 0.255 e. The van der Waals surface area contributed by atoms with Crippen LogP contribution in [-0.4, -0.2) is 33.1 Å². The Morgan fingerprint density at radius 3 is 2.69 bits per heavy atom. The van der Waals surface area contributed by atoms with E-state index in [2.05, 4.69) is 21.2 Å². The highest BCUT2D eigenvalue weighted by atomic mass is 16.5. The van der Waals surface area contributed by atoms with Crippen molar-refractivity contribution in [2.45, 2.75) is 19.5 Å². The molecule has 3 N–H and O–H groups in total. The van der Waals surface area contributed by atoms with Gasteiger partial charge in [0.15, 0.2) is 0 Å². The molecule has 0 radical (unpaired) electrons. The second-order valence-corrected chi connectivity index (χ2v) is 7.86. The molecule has 2 aromatic carbocycles. The van der Waals surface area contributed by atoms with E-state index in [1.165, 1.54) is 0 Å². The third-order valence-electron chi connectivity index (χ3n) is 6.07. The Morgan fingerprint density at radius 2 is 1.94 bits per heavy atom. The zero-order valence-electron chi connectivity index (χ0n) is 17.9. The lowest BCUT2D eigenvalue weighted by atomic mass is 9.93. The van der Waals surface area contributed by atoms with Crippen LogP contribution in [0.25, 0.3) is 22.3 Å². The molecule has 0 spiro atoms. The summed E-state index contributed by atoms with van der Waals surface area (Å²) in [4.78, 5) is 19.7. The first-order chi connectivity index (χ1) is 15.6. The number of pyridine rings is 1. The molecule has 1 aliphatic heterocycles. The number of anilines is 1. The third kappa shape index (κ3) is 3.28. The van der Waals surface area contributed by atoms with Crippen molar-refractivity contribution in [1.82, 2.24) is 20.1 Å². The van der Waals surface area contributed by atoms with Gasteiger partial charge in [0.25, 0.3) is 5.91 Å². The van der Waals surface area contributed by atoms with Crippen LogP contribution in [0.5, 0.6) is 5.75 Å². The summed E-state index contributed by atoms with van der Waals surface area (Å²) in [7, 11) is 1.64. The van der Waals surface area contributed by atoms with Gasteiger partial charge in [-0.3, -0.25) is 9.89 Å². The highest BCUT2D eigenvalue weighted by Gasteiger charge is 2.34. The molecule has 1 amide bonds. The Kier molecular flexibility index (Phi) is 4.86. The maximum absolute atomic E-state index is 13.6. The number of ether oxygens (including phenoxy) is 1. The molecule has 3 heterocycles. The maximum atomic E-state index is 13.6. The summed E-state index contributed by atoms with van der Waals surface area (Å²) in [6.07, 6.45) is 5.23. The highest BCUT2D eigenvalue weighted by Crippen LogP contribution is 2.41. The van der Waals surface area contributed by atoms with Crippen molar-refractivity contribution in [3.63, 3.8) is 0 Å². The second kappa shape index (κ2) is 7.85. The van der Waals surface area contributed by atoms with Gasteiger partial charge >= 0.3 is 0 Å². The van der Waals surface area contributed by atoms with Crippen molar-refractivity contribution >= 4 is 11.7 Å². The van der Waals surface area contributed by atoms with Crippen molar-refractivity contribution in [3.05, 3.63) is 83.8 Å². The number of H-pyrrole nitrogens is 1. The fourth-order valence-electron chi connectivity index (χ4n) is 4.29. The average molecular weight is 425 g/mol. The van der Waals surface area contributed by atoms with Gasteiger partial charge < -0.3 is 15.4 Å². The number of nitrogens with zero attached hydrogens (tertiary/aromatic N) is 3. The molecular formula is C25H23N5O2. The van der Waals surface area contributed by atoms with Crippen molar-refractivity contribution in [3.8, 4) is 28.0 Å². The largest absolute Gasteiger partial charge is 0.497 e. The topological polar surface area (TPSA) is 97.1 Å². The van der Waals surface area contributed by atoms with Gasteiger partial charge in [0.2, 0.25) is 0 Å². The number of aromatic nitrogens is 3. The van der Waals surface area contributed by atoms with E-state index >= 15 is 0 Å². The first kappa shape index (κ1) is 19.8. The van der Waals surface area contributed by atoms with Gasteiger partial charge in [-0.05, 0) is 65.6 Å². The van der Waals surface area contributed by atoms with Crippen LogP contribution in [-0.2, 0) is 6.54 Å². The maximum Gasteiger partial charge on any atom is 0.255 e. The lowest BCUT2D eigenvalue weighted by Crippen LogP contribution is -2.27. The molecule has 0 saturated heterocycles. The number of hydrogen-bond acceptors (Lipinski definition) is 5. The third-order valence-corrected chi connectivity index (χ3v) is 6.07. The minimum Gasteiger partial charge on any atom is -0.497 e. The van der Waals surface area contributed by atoms with Gasteiger partial charge in [-0.15, -0.1) is 0 Å². The van der Waals surface area contributed by atoms with Gasteiger partial charge in [-0.1, -0.05) is 12.1 Å². The number of nitrogens with two attached hydrogens (primary N) is 1. The first-order valence-corrected chi connectivity index (χ1v) is 10.4. The van der Waals surface area contributed by atoms with Crippen molar-refractivity contribution < 1.29 is 9.53 Å². The van der Waals surface area contributed by atoms with E-state index in [0.29, 0.717) is 17.9 Å². The highest BCUT2D eigenvalue weighted by molar-refractivity contribution is 6.03. The van der Waals surface area contributed by atoms with Gasteiger partial charge in [-0.25, -0.2) is 4.98 Å². The second-order valence-electron chi connectivity index (χ2n) is 7.86. The molecule has 7 nitrogen and oxygen atoms in total. The zero-order valence-corrected chi connectivity index (χ0v) is 17.9. The number of hydrogen-bond donors (Lipinski definition) is 2. The number of methoxy groups -OCH3 is 1. The monoisotopic (exact) mass is 425 g/mol. The molecule has 7 heteroatoms. The number of fused-ring (bicyclic) bond motifs is 1. The lowest BCUT2D eigenvalue weighted by molar-refractivity contribution is 0.0715. The standard InChI is InChI=1S/C25H23N5O2/c1-15(16-5-3-6-19(9-16)32-2)30-14-23-21(20-7-4-8-27-24(20)26)10-17(11-22(23)25(30)31)18-12-28-29-13-18/h3-13,15H,14H2,1-2H3,(H2,26,27)(H,28,29)/t15-/m1/s1. The van der Waals surface area contributed by atoms with E-state index in [9.17, 15) is 4.79 Å². The molecule has 160 valence electrons. The molecule has 0 saturated carbocycles. The quantitative estimate of drug-likeness (QED) is 0.492. The van der Waals surface area contributed by atoms with Gasteiger partial charge in [0, 0.05) is 35.6 Å². The number of amides is 1. The van der Waals surface area contributed by atoms with Gasteiger partial charge in [-0.2, -0.15) is 5.10 Å². The number of nitrogen functional groups attached to an aromatic ring is 1. The van der Waals surface area contributed by atoms with Gasteiger partial charge in [0.05, 0.1) is 19.3 Å². The summed E-state index contributed by atoms with van der Waals surface area (Å²) in [6.45, 7) is 2.52. The van der Waals surface area contributed by atoms with E-state index in [1.807, 2.05) is 60.5 Å². The number of aromatic amines is 1. The average Bonchev–Trinajstić information content (AvgIpc) is 3.47. The fourth-order valence-corrected chi connectivity index (χ4v) is 4.29. The Balaban J connectivity index is 1.62. The molecule has 32 heavy (non-hydrogen) atoms. The molecule has 5 rings (SSSR count). The molecule has 0 bridgehead atoms. The summed E-state index contributed by atoms with van der Waals surface area (Å²) < 4.78 is 5.37. The molecule has 0 fully saturated rings. The summed E-state index contributed by atoms with van der Waals surface area (Å²) in [6, 6.07) is 15.5. The minimum absolute atomic E-state index is 0.00984. The molecule has 0 aliphatic carbocycles. The molecule has 1 aliphatic rings. The van der Waals surface area contributed by atoms with Crippen LogP contribution in [0.4, 0.5) is 5.82 Å².